The Hall–Kier alpha value is -3.68. The first-order valence-corrected chi connectivity index (χ1v) is 7.70. The molecule has 0 heterocycles. The average molecular weight is 354 g/mol. The van der Waals surface area contributed by atoms with Crippen LogP contribution >= 0.6 is 0 Å². The van der Waals surface area contributed by atoms with Gasteiger partial charge in [0.2, 0.25) is 0 Å². The summed E-state index contributed by atoms with van der Waals surface area (Å²) in [4.78, 5) is 22.0. The fourth-order valence-corrected chi connectivity index (χ4v) is 2.05. The van der Waals surface area contributed by atoms with Gasteiger partial charge in [-0.05, 0) is 23.8 Å². The number of ether oxygens (including phenoxy) is 1. The van der Waals surface area contributed by atoms with Gasteiger partial charge in [0.1, 0.15) is 5.75 Å². The first-order valence-electron chi connectivity index (χ1n) is 7.70. The predicted molar refractivity (Wildman–Crippen MR) is 100 cm³/mol. The maximum atomic E-state index is 11.7. The highest BCUT2D eigenvalue weighted by atomic mass is 16.6. The minimum absolute atomic E-state index is 0.0137. The smallest absolute Gasteiger partial charge is 0.270 e. The topological polar surface area (TPSA) is 106 Å². The van der Waals surface area contributed by atoms with Crippen LogP contribution in [0.4, 0.5) is 11.4 Å². The number of benzene rings is 2. The molecule has 0 atom stereocenters. The lowest BCUT2D eigenvalue weighted by atomic mass is 10.2. The molecule has 8 heteroatoms. The summed E-state index contributed by atoms with van der Waals surface area (Å²) < 4.78 is 5.18. The third-order valence-electron chi connectivity index (χ3n) is 3.27. The maximum absolute atomic E-state index is 11.7. The summed E-state index contributed by atoms with van der Waals surface area (Å²) in [5.74, 6) is 0.319. The van der Waals surface area contributed by atoms with Crippen LogP contribution in [0.25, 0.3) is 6.08 Å². The van der Waals surface area contributed by atoms with Crippen molar-refractivity contribution in [2.45, 2.75) is 0 Å². The van der Waals surface area contributed by atoms with E-state index in [0.717, 1.165) is 0 Å². The van der Waals surface area contributed by atoms with E-state index in [0.29, 0.717) is 17.0 Å². The molecule has 0 saturated carbocycles. The zero-order chi connectivity index (χ0) is 18.8. The number of amides is 1. The number of anilines is 1. The summed E-state index contributed by atoms with van der Waals surface area (Å²) in [6, 6.07) is 13.4. The maximum Gasteiger partial charge on any atom is 0.270 e. The van der Waals surface area contributed by atoms with E-state index in [4.69, 9.17) is 4.74 Å². The van der Waals surface area contributed by atoms with Crippen LogP contribution in [0.2, 0.25) is 0 Å². The number of nitrogens with one attached hydrogen (secondary N) is 2. The molecule has 0 aliphatic heterocycles. The number of nitrogens with zero attached hydrogens (tertiary/aromatic N) is 2. The lowest BCUT2D eigenvalue weighted by Gasteiger charge is -2.09. The van der Waals surface area contributed by atoms with Crippen molar-refractivity contribution in [2.75, 3.05) is 19.0 Å². The van der Waals surface area contributed by atoms with Crippen molar-refractivity contribution in [1.29, 1.82) is 0 Å². The molecular weight excluding hydrogens is 336 g/mol. The van der Waals surface area contributed by atoms with Crippen molar-refractivity contribution >= 4 is 29.6 Å². The first-order chi connectivity index (χ1) is 12.6. The van der Waals surface area contributed by atoms with E-state index in [-0.39, 0.29) is 18.1 Å². The van der Waals surface area contributed by atoms with Crippen LogP contribution in [0.1, 0.15) is 5.56 Å². The number of nitro benzene ring substituents is 1. The second-order valence-electron chi connectivity index (χ2n) is 5.08. The Kier molecular flexibility index (Phi) is 6.87. The normalized spacial score (nSPS) is 10.8. The number of nitro groups is 1. The van der Waals surface area contributed by atoms with Gasteiger partial charge < -0.3 is 10.1 Å². The number of carbonyl (C=O) groups is 1. The highest BCUT2D eigenvalue weighted by molar-refractivity contribution is 5.84. The Morgan fingerprint density at radius 1 is 1.27 bits per heavy atom. The number of non-ortho nitro benzene ring substituents is 1. The Labute approximate surface area is 150 Å². The molecular formula is C18H18N4O4. The van der Waals surface area contributed by atoms with Gasteiger partial charge in [0, 0.05) is 18.3 Å². The monoisotopic (exact) mass is 354 g/mol. The number of para-hydroxylation sites is 2. The van der Waals surface area contributed by atoms with Crippen molar-refractivity contribution in [3.05, 3.63) is 70.3 Å². The fraction of sp³-hybridized carbons (Fsp3) is 0.111. The molecule has 0 unspecified atom stereocenters. The number of hydrogen-bond donors (Lipinski definition) is 2. The largest absolute Gasteiger partial charge is 0.495 e. The lowest BCUT2D eigenvalue weighted by molar-refractivity contribution is -0.384. The number of hydrazone groups is 1. The molecule has 0 aromatic heterocycles. The van der Waals surface area contributed by atoms with Crippen LogP contribution in [0, 0.1) is 10.1 Å². The molecule has 2 aromatic rings. The Balaban J connectivity index is 1.80. The standard InChI is InChI=1S/C18H18N4O4/c1-26-17-10-3-2-9-16(17)19-13-18(23)21-20-11-5-7-14-6-4-8-15(12-14)22(24)25/h2-12,19H,13H2,1H3,(H,21,23)/b7-5+,20-11+. The van der Waals surface area contributed by atoms with E-state index in [1.54, 1.807) is 43.5 Å². The highest BCUT2D eigenvalue weighted by Crippen LogP contribution is 2.22. The third kappa shape index (κ3) is 5.75. The molecule has 0 saturated heterocycles. The molecule has 0 bridgehead atoms. The molecule has 2 aromatic carbocycles. The summed E-state index contributed by atoms with van der Waals surface area (Å²) >= 11 is 0. The zero-order valence-corrected chi connectivity index (χ0v) is 14.1. The summed E-state index contributed by atoms with van der Waals surface area (Å²) in [6.07, 6.45) is 4.61. The van der Waals surface area contributed by atoms with Crippen molar-refractivity contribution in [3.8, 4) is 5.75 Å². The lowest BCUT2D eigenvalue weighted by Crippen LogP contribution is -2.25. The summed E-state index contributed by atoms with van der Waals surface area (Å²) in [5.41, 5.74) is 3.76. The van der Waals surface area contributed by atoms with E-state index in [2.05, 4.69) is 15.8 Å². The van der Waals surface area contributed by atoms with Crippen LogP contribution in [0.15, 0.2) is 59.7 Å². The van der Waals surface area contributed by atoms with E-state index in [9.17, 15) is 14.9 Å². The van der Waals surface area contributed by atoms with Crippen molar-refractivity contribution in [1.82, 2.24) is 5.43 Å². The third-order valence-corrected chi connectivity index (χ3v) is 3.27. The van der Waals surface area contributed by atoms with Crippen LogP contribution in [-0.4, -0.2) is 30.7 Å². The molecule has 134 valence electrons. The Morgan fingerprint density at radius 2 is 2.08 bits per heavy atom. The van der Waals surface area contributed by atoms with Crippen LogP contribution in [-0.2, 0) is 4.79 Å². The Bertz CT molecular complexity index is 833. The molecule has 26 heavy (non-hydrogen) atoms. The van der Waals surface area contributed by atoms with E-state index in [1.165, 1.54) is 18.3 Å². The zero-order valence-electron chi connectivity index (χ0n) is 14.1. The quantitative estimate of drug-likeness (QED) is 0.431. The molecule has 8 nitrogen and oxygen atoms in total. The van der Waals surface area contributed by atoms with Crippen molar-refractivity contribution in [2.24, 2.45) is 5.10 Å². The molecule has 0 spiro atoms. The first kappa shape index (κ1) is 18.7. The van der Waals surface area contributed by atoms with Gasteiger partial charge in [0.15, 0.2) is 0 Å². The van der Waals surface area contributed by atoms with Crippen molar-refractivity contribution in [3.63, 3.8) is 0 Å². The van der Waals surface area contributed by atoms with Gasteiger partial charge >= 0.3 is 0 Å². The molecule has 0 aliphatic rings. The van der Waals surface area contributed by atoms with Gasteiger partial charge in [-0.25, -0.2) is 5.43 Å². The molecule has 2 N–H and O–H groups in total. The minimum atomic E-state index is -0.458. The number of allylic oxidation sites excluding steroid dienone is 1. The molecule has 0 radical (unpaired) electrons. The summed E-state index contributed by atoms with van der Waals surface area (Å²) in [5, 5.41) is 17.4. The second kappa shape index (κ2) is 9.58. The summed E-state index contributed by atoms with van der Waals surface area (Å²) in [6.45, 7) is 0.0340. The summed E-state index contributed by atoms with van der Waals surface area (Å²) in [7, 11) is 1.55. The van der Waals surface area contributed by atoms with Crippen LogP contribution < -0.4 is 15.5 Å². The van der Waals surface area contributed by atoms with E-state index >= 15 is 0 Å². The minimum Gasteiger partial charge on any atom is -0.495 e. The van der Waals surface area contributed by atoms with Crippen LogP contribution in [0.3, 0.4) is 0 Å². The van der Waals surface area contributed by atoms with Gasteiger partial charge in [0.25, 0.3) is 11.6 Å². The van der Waals surface area contributed by atoms with Gasteiger partial charge in [-0.1, -0.05) is 30.3 Å². The van der Waals surface area contributed by atoms with Crippen LogP contribution in [0.5, 0.6) is 5.75 Å². The molecule has 1 amide bonds. The number of hydrogen-bond acceptors (Lipinski definition) is 6. The molecule has 0 fully saturated rings. The predicted octanol–water partition coefficient (Wildman–Crippen LogP) is 2.83. The van der Waals surface area contributed by atoms with E-state index in [1.807, 2.05) is 12.1 Å². The Morgan fingerprint density at radius 3 is 2.85 bits per heavy atom. The van der Waals surface area contributed by atoms with Gasteiger partial charge in [-0.2, -0.15) is 5.10 Å². The fourth-order valence-electron chi connectivity index (χ4n) is 2.05. The molecule has 2 rings (SSSR count). The van der Waals surface area contributed by atoms with Gasteiger partial charge in [0.05, 0.1) is 24.3 Å². The number of carbonyl (C=O) groups excluding carboxylic acids is 1. The van der Waals surface area contributed by atoms with E-state index < -0.39 is 4.92 Å². The highest BCUT2D eigenvalue weighted by Gasteiger charge is 2.04. The number of methoxy groups -OCH3 is 1. The van der Waals surface area contributed by atoms with Crippen molar-refractivity contribution < 1.29 is 14.5 Å². The number of rotatable bonds is 8. The SMILES string of the molecule is COc1ccccc1NCC(=O)N/N=C/C=C/c1cccc([N+](=O)[O-])c1. The van der Waals surface area contributed by atoms with Gasteiger partial charge in [-0.15, -0.1) is 0 Å². The second-order valence-corrected chi connectivity index (χ2v) is 5.08. The van der Waals surface area contributed by atoms with Gasteiger partial charge in [-0.3, -0.25) is 14.9 Å². The average Bonchev–Trinajstić information content (AvgIpc) is 2.66. The molecule has 0 aliphatic carbocycles.